The summed E-state index contributed by atoms with van der Waals surface area (Å²) in [5.74, 6) is 0.970. The van der Waals surface area contributed by atoms with Crippen molar-refractivity contribution in [3.63, 3.8) is 0 Å². The molecule has 0 aliphatic carbocycles. The van der Waals surface area contributed by atoms with Crippen LogP contribution in [0.5, 0.6) is 0 Å². The van der Waals surface area contributed by atoms with E-state index in [9.17, 15) is 9.18 Å². The minimum Gasteiger partial charge on any atom is -0.352 e. The van der Waals surface area contributed by atoms with Crippen LogP contribution in [0.25, 0.3) is 11.0 Å². The Morgan fingerprint density at radius 2 is 1.94 bits per heavy atom. The number of carbonyl (C=O) groups is 1. The van der Waals surface area contributed by atoms with E-state index in [1.807, 2.05) is 36.4 Å². The van der Waals surface area contributed by atoms with Crippen LogP contribution in [0.3, 0.4) is 0 Å². The molecule has 4 aromatic rings. The predicted octanol–water partition coefficient (Wildman–Crippen LogP) is 5.69. The highest BCUT2D eigenvalue weighted by molar-refractivity contribution is 7.98. The van der Waals surface area contributed by atoms with E-state index in [0.29, 0.717) is 30.3 Å². The number of amides is 1. The van der Waals surface area contributed by atoms with E-state index < -0.39 is 0 Å². The summed E-state index contributed by atoms with van der Waals surface area (Å²) in [6.07, 6.45) is 4.48. The lowest BCUT2D eigenvalue weighted by Gasteiger charge is -2.10. The van der Waals surface area contributed by atoms with Crippen molar-refractivity contribution in [3.05, 3.63) is 89.5 Å². The molecule has 0 fully saturated rings. The topological polar surface area (TPSA) is 59.8 Å². The fourth-order valence-corrected chi connectivity index (χ4v) is 4.48. The van der Waals surface area contributed by atoms with Gasteiger partial charge in [-0.2, -0.15) is 0 Å². The number of rotatable bonds is 9. The molecular weight excluding hydrogens is 435 g/mol. The van der Waals surface area contributed by atoms with Gasteiger partial charge in [0.15, 0.2) is 5.16 Å². The maximum Gasteiger partial charge on any atom is 0.251 e. The number of hydrogen-bond acceptors (Lipinski definition) is 4. The van der Waals surface area contributed by atoms with Crippen LogP contribution in [0.15, 0.2) is 72.1 Å². The number of hydrogen-bond donors (Lipinski definition) is 1. The molecule has 5 nitrogen and oxygen atoms in total. The molecular formula is C26H27FN4OS. The van der Waals surface area contributed by atoms with E-state index >= 15 is 0 Å². The zero-order valence-electron chi connectivity index (χ0n) is 18.8. The Labute approximate surface area is 197 Å². The van der Waals surface area contributed by atoms with E-state index in [1.165, 1.54) is 6.07 Å². The Morgan fingerprint density at radius 1 is 1.12 bits per heavy atom. The SMILES string of the molecule is CC(C)CCNC(=O)c1ccc(CSc2nc3ccncc3n2Cc2cccc(F)c2)cc1. The molecule has 0 aliphatic rings. The summed E-state index contributed by atoms with van der Waals surface area (Å²) in [7, 11) is 0. The van der Waals surface area contributed by atoms with Gasteiger partial charge in [0.25, 0.3) is 5.91 Å². The first-order valence-corrected chi connectivity index (χ1v) is 12.0. The second-order valence-electron chi connectivity index (χ2n) is 8.40. The fourth-order valence-electron chi connectivity index (χ4n) is 3.51. The Bertz CT molecular complexity index is 1240. The van der Waals surface area contributed by atoms with Crippen LogP contribution in [0.4, 0.5) is 4.39 Å². The quantitative estimate of drug-likeness (QED) is 0.325. The van der Waals surface area contributed by atoms with Gasteiger partial charge in [0.1, 0.15) is 5.82 Å². The second-order valence-corrected chi connectivity index (χ2v) is 9.34. The van der Waals surface area contributed by atoms with Gasteiger partial charge in [-0.05, 0) is 53.8 Å². The standard InChI is InChI=1S/C26H27FN4OS/c1-18(2)10-13-29-25(32)21-8-6-19(7-9-21)17-33-26-30-23-11-12-28-15-24(23)31(26)16-20-4-3-5-22(27)14-20/h3-9,11-12,14-15,18H,10,13,16-17H2,1-2H3,(H,29,32). The molecule has 0 aliphatic heterocycles. The number of benzene rings is 2. The number of halogens is 1. The molecule has 0 radical (unpaired) electrons. The molecule has 2 heterocycles. The van der Waals surface area contributed by atoms with Crippen LogP contribution in [0.1, 0.15) is 41.8 Å². The van der Waals surface area contributed by atoms with Gasteiger partial charge in [-0.3, -0.25) is 9.78 Å². The normalized spacial score (nSPS) is 11.3. The molecule has 2 aromatic carbocycles. The Balaban J connectivity index is 1.46. The summed E-state index contributed by atoms with van der Waals surface area (Å²) in [5, 5.41) is 3.81. The summed E-state index contributed by atoms with van der Waals surface area (Å²) in [6.45, 7) is 5.48. The van der Waals surface area contributed by atoms with Gasteiger partial charge in [-0.1, -0.05) is 49.9 Å². The molecule has 33 heavy (non-hydrogen) atoms. The number of carbonyl (C=O) groups excluding carboxylic acids is 1. The predicted molar refractivity (Wildman–Crippen MR) is 131 cm³/mol. The number of imidazole rings is 1. The zero-order valence-corrected chi connectivity index (χ0v) is 19.6. The molecule has 0 spiro atoms. The Hall–Kier alpha value is -3.19. The molecule has 0 saturated carbocycles. The molecule has 0 atom stereocenters. The van der Waals surface area contributed by atoms with E-state index in [2.05, 4.69) is 28.7 Å². The van der Waals surface area contributed by atoms with Crippen LogP contribution in [-0.2, 0) is 12.3 Å². The minimum atomic E-state index is -0.252. The number of nitrogens with one attached hydrogen (secondary N) is 1. The first kappa shape index (κ1) is 23.0. The third-order valence-corrected chi connectivity index (χ3v) is 6.38. The van der Waals surface area contributed by atoms with Crippen molar-refractivity contribution >= 4 is 28.7 Å². The third kappa shape index (κ3) is 5.99. The average molecular weight is 463 g/mol. The molecule has 7 heteroatoms. The van der Waals surface area contributed by atoms with Crippen molar-refractivity contribution in [2.45, 2.75) is 37.7 Å². The summed E-state index contributed by atoms with van der Waals surface area (Å²) in [6, 6.07) is 16.2. The van der Waals surface area contributed by atoms with Crippen molar-refractivity contribution in [3.8, 4) is 0 Å². The first-order valence-electron chi connectivity index (χ1n) is 11.0. The van der Waals surface area contributed by atoms with E-state index in [-0.39, 0.29) is 11.7 Å². The van der Waals surface area contributed by atoms with Gasteiger partial charge in [-0.25, -0.2) is 9.37 Å². The van der Waals surface area contributed by atoms with Crippen LogP contribution >= 0.6 is 11.8 Å². The van der Waals surface area contributed by atoms with Gasteiger partial charge < -0.3 is 9.88 Å². The Kier molecular flexibility index (Phi) is 7.40. The van der Waals surface area contributed by atoms with Crippen molar-refractivity contribution in [2.24, 2.45) is 5.92 Å². The molecule has 0 bridgehead atoms. The maximum absolute atomic E-state index is 13.7. The summed E-state index contributed by atoms with van der Waals surface area (Å²) < 4.78 is 15.8. The first-order chi connectivity index (χ1) is 16.0. The van der Waals surface area contributed by atoms with Gasteiger partial charge >= 0.3 is 0 Å². The monoisotopic (exact) mass is 462 g/mol. The average Bonchev–Trinajstić information content (AvgIpc) is 3.15. The summed E-state index contributed by atoms with van der Waals surface area (Å²) in [4.78, 5) is 21.3. The lowest BCUT2D eigenvalue weighted by Crippen LogP contribution is -2.25. The van der Waals surface area contributed by atoms with Gasteiger partial charge in [0.05, 0.1) is 23.8 Å². The molecule has 4 rings (SSSR count). The molecule has 0 unspecified atom stereocenters. The Morgan fingerprint density at radius 3 is 2.70 bits per heavy atom. The van der Waals surface area contributed by atoms with Gasteiger partial charge in [0.2, 0.25) is 0 Å². The zero-order chi connectivity index (χ0) is 23.2. The number of aromatic nitrogens is 3. The smallest absolute Gasteiger partial charge is 0.251 e. The number of fused-ring (bicyclic) bond motifs is 1. The highest BCUT2D eigenvalue weighted by Crippen LogP contribution is 2.27. The number of nitrogens with zero attached hydrogens (tertiary/aromatic N) is 3. The van der Waals surface area contributed by atoms with Crippen molar-refractivity contribution < 1.29 is 9.18 Å². The number of pyridine rings is 1. The van der Waals surface area contributed by atoms with Crippen LogP contribution in [0, 0.1) is 11.7 Å². The lowest BCUT2D eigenvalue weighted by atomic mass is 10.1. The molecule has 170 valence electrons. The van der Waals surface area contributed by atoms with Crippen LogP contribution in [-0.4, -0.2) is 27.0 Å². The van der Waals surface area contributed by atoms with Crippen molar-refractivity contribution in [1.29, 1.82) is 0 Å². The van der Waals surface area contributed by atoms with E-state index in [4.69, 9.17) is 4.98 Å². The highest BCUT2D eigenvalue weighted by atomic mass is 32.2. The molecule has 2 aromatic heterocycles. The summed E-state index contributed by atoms with van der Waals surface area (Å²) in [5.41, 5.74) is 4.40. The summed E-state index contributed by atoms with van der Waals surface area (Å²) >= 11 is 1.61. The molecule has 0 saturated heterocycles. The highest BCUT2D eigenvalue weighted by Gasteiger charge is 2.13. The van der Waals surface area contributed by atoms with Crippen molar-refractivity contribution in [2.75, 3.05) is 6.54 Å². The van der Waals surface area contributed by atoms with Gasteiger partial charge in [0, 0.05) is 24.1 Å². The van der Waals surface area contributed by atoms with E-state index in [1.54, 1.807) is 36.3 Å². The second kappa shape index (κ2) is 10.6. The maximum atomic E-state index is 13.7. The number of thioether (sulfide) groups is 1. The third-order valence-electron chi connectivity index (χ3n) is 5.34. The van der Waals surface area contributed by atoms with E-state index in [0.717, 1.165) is 33.7 Å². The fraction of sp³-hybridized carbons (Fsp3) is 0.269. The van der Waals surface area contributed by atoms with Crippen LogP contribution < -0.4 is 5.32 Å². The van der Waals surface area contributed by atoms with Crippen LogP contribution in [0.2, 0.25) is 0 Å². The lowest BCUT2D eigenvalue weighted by molar-refractivity contribution is 0.0952. The van der Waals surface area contributed by atoms with Gasteiger partial charge in [-0.15, -0.1) is 0 Å². The molecule has 1 N–H and O–H groups in total. The minimum absolute atomic E-state index is 0.0424. The van der Waals surface area contributed by atoms with Crippen molar-refractivity contribution in [1.82, 2.24) is 19.9 Å². The molecule has 1 amide bonds. The largest absolute Gasteiger partial charge is 0.352 e.